The SMILES string of the molecule is CCCCOc1ccc(C=NN=C(N)NN=Cc2ccc(OCCCC)cc2)cc1. The van der Waals surface area contributed by atoms with Gasteiger partial charge in [-0.15, -0.1) is 5.10 Å². The monoisotopic (exact) mass is 409 g/mol. The highest BCUT2D eigenvalue weighted by Gasteiger charge is 1.95. The number of ether oxygens (including phenoxy) is 2. The highest BCUT2D eigenvalue weighted by molar-refractivity contribution is 5.84. The third-order valence-corrected chi connectivity index (χ3v) is 4.06. The largest absolute Gasteiger partial charge is 0.494 e. The van der Waals surface area contributed by atoms with Gasteiger partial charge in [-0.1, -0.05) is 26.7 Å². The van der Waals surface area contributed by atoms with Crippen LogP contribution in [0.15, 0.2) is 63.8 Å². The Morgan fingerprint density at radius 3 is 1.83 bits per heavy atom. The van der Waals surface area contributed by atoms with E-state index >= 15 is 0 Å². The second kappa shape index (κ2) is 13.8. The van der Waals surface area contributed by atoms with Crippen LogP contribution in [0.5, 0.6) is 11.5 Å². The van der Waals surface area contributed by atoms with E-state index in [0.29, 0.717) is 0 Å². The first kappa shape index (κ1) is 22.9. The standard InChI is InChI=1S/C23H31N5O2/c1-3-5-15-29-21-11-7-19(8-12-21)17-25-27-23(24)28-26-18-20-9-13-22(14-10-20)30-16-6-4-2/h7-14,17-18H,3-6,15-16H2,1-2H3,(H3,24,27,28). The van der Waals surface area contributed by atoms with E-state index in [9.17, 15) is 0 Å². The van der Waals surface area contributed by atoms with Crippen molar-refractivity contribution in [2.24, 2.45) is 21.0 Å². The van der Waals surface area contributed by atoms with Crippen LogP contribution in [0, 0.1) is 0 Å². The van der Waals surface area contributed by atoms with E-state index in [2.05, 4.69) is 34.6 Å². The molecule has 0 aliphatic rings. The third kappa shape index (κ3) is 9.23. The van der Waals surface area contributed by atoms with Crippen LogP contribution in [0.1, 0.15) is 50.7 Å². The number of hydrazone groups is 1. The molecule has 2 rings (SSSR count). The van der Waals surface area contributed by atoms with Crippen LogP contribution in [-0.2, 0) is 0 Å². The molecule has 30 heavy (non-hydrogen) atoms. The van der Waals surface area contributed by atoms with E-state index in [0.717, 1.165) is 61.5 Å². The third-order valence-electron chi connectivity index (χ3n) is 4.06. The Morgan fingerprint density at radius 1 is 0.833 bits per heavy atom. The molecular formula is C23H31N5O2. The smallest absolute Gasteiger partial charge is 0.234 e. The van der Waals surface area contributed by atoms with Gasteiger partial charge in [0.05, 0.1) is 25.6 Å². The maximum Gasteiger partial charge on any atom is 0.234 e. The number of hydrogen-bond acceptors (Lipinski definition) is 5. The molecule has 0 amide bonds. The number of nitrogens with zero attached hydrogens (tertiary/aromatic N) is 3. The summed E-state index contributed by atoms with van der Waals surface area (Å²) in [5, 5.41) is 11.9. The predicted octanol–water partition coefficient (Wildman–Crippen LogP) is 4.32. The maximum absolute atomic E-state index is 5.76. The zero-order chi connectivity index (χ0) is 21.4. The maximum atomic E-state index is 5.76. The molecular weight excluding hydrogens is 378 g/mol. The number of nitrogens with one attached hydrogen (secondary N) is 1. The van der Waals surface area contributed by atoms with Crippen molar-refractivity contribution in [2.75, 3.05) is 13.2 Å². The average Bonchev–Trinajstić information content (AvgIpc) is 2.76. The summed E-state index contributed by atoms with van der Waals surface area (Å²) in [6.07, 6.45) is 7.59. The topological polar surface area (TPSA) is 93.6 Å². The number of benzene rings is 2. The molecule has 7 nitrogen and oxygen atoms in total. The van der Waals surface area contributed by atoms with Crippen molar-refractivity contribution in [3.05, 3.63) is 59.7 Å². The molecule has 0 aromatic heterocycles. The second-order valence-electron chi connectivity index (χ2n) is 6.64. The molecule has 0 saturated heterocycles. The quantitative estimate of drug-likeness (QED) is 0.236. The van der Waals surface area contributed by atoms with Crippen LogP contribution >= 0.6 is 0 Å². The van der Waals surface area contributed by atoms with Crippen LogP contribution < -0.4 is 20.6 Å². The van der Waals surface area contributed by atoms with Gasteiger partial charge >= 0.3 is 0 Å². The highest BCUT2D eigenvalue weighted by atomic mass is 16.5. The molecule has 2 aromatic rings. The Labute approximate surface area is 178 Å². The summed E-state index contributed by atoms with van der Waals surface area (Å²) in [7, 11) is 0. The minimum atomic E-state index is 0.0986. The molecule has 0 radical (unpaired) electrons. The summed E-state index contributed by atoms with van der Waals surface area (Å²) in [5.74, 6) is 1.80. The van der Waals surface area contributed by atoms with Crippen LogP contribution in [0.2, 0.25) is 0 Å². The number of nitrogens with two attached hydrogens (primary N) is 1. The van der Waals surface area contributed by atoms with Crippen molar-refractivity contribution in [3.8, 4) is 11.5 Å². The molecule has 7 heteroatoms. The molecule has 0 saturated carbocycles. The van der Waals surface area contributed by atoms with Crippen LogP contribution in [0.3, 0.4) is 0 Å². The molecule has 0 unspecified atom stereocenters. The lowest BCUT2D eigenvalue weighted by Gasteiger charge is -2.05. The van der Waals surface area contributed by atoms with Gasteiger partial charge in [0.2, 0.25) is 5.96 Å². The molecule has 0 bridgehead atoms. The minimum Gasteiger partial charge on any atom is -0.494 e. The van der Waals surface area contributed by atoms with Crippen molar-refractivity contribution in [1.29, 1.82) is 0 Å². The molecule has 0 fully saturated rings. The van der Waals surface area contributed by atoms with Crippen molar-refractivity contribution in [3.63, 3.8) is 0 Å². The molecule has 0 atom stereocenters. The van der Waals surface area contributed by atoms with E-state index in [1.165, 1.54) is 0 Å². The minimum absolute atomic E-state index is 0.0986. The first-order valence-electron chi connectivity index (χ1n) is 10.3. The van der Waals surface area contributed by atoms with Gasteiger partial charge < -0.3 is 15.2 Å². The Kier molecular flexibility index (Phi) is 10.5. The summed E-state index contributed by atoms with van der Waals surface area (Å²) < 4.78 is 11.3. The number of unbranched alkanes of at least 4 members (excludes halogenated alkanes) is 2. The normalized spacial score (nSPS) is 11.9. The van der Waals surface area contributed by atoms with E-state index in [4.69, 9.17) is 15.2 Å². The fraction of sp³-hybridized carbons (Fsp3) is 0.348. The molecule has 0 spiro atoms. The van der Waals surface area contributed by atoms with E-state index in [1.54, 1.807) is 12.4 Å². The lowest BCUT2D eigenvalue weighted by atomic mass is 10.2. The molecule has 3 N–H and O–H groups in total. The van der Waals surface area contributed by atoms with E-state index < -0.39 is 0 Å². The summed E-state index contributed by atoms with van der Waals surface area (Å²) >= 11 is 0. The fourth-order valence-corrected chi connectivity index (χ4v) is 2.32. The highest BCUT2D eigenvalue weighted by Crippen LogP contribution is 2.12. The molecule has 2 aromatic carbocycles. The lowest BCUT2D eigenvalue weighted by Crippen LogP contribution is -2.26. The van der Waals surface area contributed by atoms with Gasteiger partial charge in [-0.25, -0.2) is 5.43 Å². The van der Waals surface area contributed by atoms with Crippen molar-refractivity contribution in [1.82, 2.24) is 5.43 Å². The van der Waals surface area contributed by atoms with Crippen LogP contribution in [-0.4, -0.2) is 31.6 Å². The van der Waals surface area contributed by atoms with Crippen molar-refractivity contribution in [2.45, 2.75) is 39.5 Å². The molecule has 0 aliphatic heterocycles. The number of guanidine groups is 1. The average molecular weight is 410 g/mol. The van der Waals surface area contributed by atoms with E-state index in [1.807, 2.05) is 48.5 Å². The fourth-order valence-electron chi connectivity index (χ4n) is 2.32. The van der Waals surface area contributed by atoms with Crippen molar-refractivity contribution >= 4 is 18.4 Å². The van der Waals surface area contributed by atoms with Crippen molar-refractivity contribution < 1.29 is 9.47 Å². The van der Waals surface area contributed by atoms with Gasteiger partial charge in [-0.2, -0.15) is 10.2 Å². The van der Waals surface area contributed by atoms with E-state index in [-0.39, 0.29) is 5.96 Å². The summed E-state index contributed by atoms with van der Waals surface area (Å²) in [4.78, 5) is 0. The van der Waals surface area contributed by atoms with Crippen LogP contribution in [0.4, 0.5) is 0 Å². The molecule has 160 valence electrons. The zero-order valence-electron chi connectivity index (χ0n) is 17.8. The second-order valence-corrected chi connectivity index (χ2v) is 6.64. The van der Waals surface area contributed by atoms with Gasteiger partial charge in [0.25, 0.3) is 0 Å². The van der Waals surface area contributed by atoms with Crippen LogP contribution in [0.25, 0.3) is 0 Å². The Hall–Kier alpha value is -3.35. The first-order valence-corrected chi connectivity index (χ1v) is 10.3. The summed E-state index contributed by atoms with van der Waals surface area (Å²) in [5.41, 5.74) is 10.2. The Morgan fingerprint density at radius 2 is 1.33 bits per heavy atom. The Balaban J connectivity index is 1.76. The van der Waals surface area contributed by atoms with Gasteiger partial charge in [-0.05, 0) is 72.5 Å². The molecule has 0 aliphatic carbocycles. The molecule has 0 heterocycles. The lowest BCUT2D eigenvalue weighted by molar-refractivity contribution is 0.309. The summed E-state index contributed by atoms with van der Waals surface area (Å²) in [6, 6.07) is 15.3. The van der Waals surface area contributed by atoms with Gasteiger partial charge in [-0.3, -0.25) is 0 Å². The van der Waals surface area contributed by atoms with Gasteiger partial charge in [0.15, 0.2) is 0 Å². The first-order chi connectivity index (χ1) is 14.7. The Bertz CT molecular complexity index is 814. The zero-order valence-corrected chi connectivity index (χ0v) is 17.8. The number of rotatable bonds is 12. The van der Waals surface area contributed by atoms with Gasteiger partial charge in [0, 0.05) is 0 Å². The number of hydrogen-bond donors (Lipinski definition) is 2. The predicted molar refractivity (Wildman–Crippen MR) is 124 cm³/mol. The summed E-state index contributed by atoms with van der Waals surface area (Å²) in [6.45, 7) is 5.74. The van der Waals surface area contributed by atoms with Gasteiger partial charge in [0.1, 0.15) is 11.5 Å².